The van der Waals surface area contributed by atoms with Crippen LogP contribution in [0, 0.1) is 11.7 Å². The minimum atomic E-state index is 0.103. The maximum Gasteiger partial charge on any atom is 0.179 e. The van der Waals surface area contributed by atoms with Crippen molar-refractivity contribution < 1.29 is 4.74 Å². The number of aryl methyl sites for hydroxylation is 1. The molecule has 0 fully saturated rings. The SMILES string of the molecule is COc1ccc(C(C)n2c(=S)[nH]c3ccc(C)nc32)cc1. The second kappa shape index (κ2) is 5.33. The summed E-state index contributed by atoms with van der Waals surface area (Å²) in [5.74, 6) is 0.849. The van der Waals surface area contributed by atoms with Crippen LogP contribution >= 0.6 is 12.2 Å². The van der Waals surface area contributed by atoms with E-state index in [1.807, 2.05) is 31.2 Å². The quantitative estimate of drug-likeness (QED) is 0.743. The van der Waals surface area contributed by atoms with Crippen molar-refractivity contribution in [3.63, 3.8) is 0 Å². The van der Waals surface area contributed by atoms with Crippen LogP contribution in [0.2, 0.25) is 0 Å². The molecule has 3 rings (SSSR count). The van der Waals surface area contributed by atoms with Gasteiger partial charge in [0.15, 0.2) is 10.4 Å². The van der Waals surface area contributed by atoms with Gasteiger partial charge in [0, 0.05) is 5.69 Å². The van der Waals surface area contributed by atoms with E-state index >= 15 is 0 Å². The summed E-state index contributed by atoms with van der Waals surface area (Å²) in [4.78, 5) is 7.84. The number of hydrogen-bond acceptors (Lipinski definition) is 3. The highest BCUT2D eigenvalue weighted by Crippen LogP contribution is 2.25. The van der Waals surface area contributed by atoms with Gasteiger partial charge in [0.2, 0.25) is 0 Å². The van der Waals surface area contributed by atoms with Crippen molar-refractivity contribution in [1.29, 1.82) is 0 Å². The molecule has 21 heavy (non-hydrogen) atoms. The van der Waals surface area contributed by atoms with Gasteiger partial charge in [-0.15, -0.1) is 0 Å². The van der Waals surface area contributed by atoms with E-state index in [1.165, 1.54) is 0 Å². The summed E-state index contributed by atoms with van der Waals surface area (Å²) in [6.45, 7) is 4.10. The van der Waals surface area contributed by atoms with Crippen LogP contribution in [-0.2, 0) is 0 Å². The summed E-state index contributed by atoms with van der Waals surface area (Å²) in [6, 6.07) is 12.1. The van der Waals surface area contributed by atoms with Gasteiger partial charge in [-0.3, -0.25) is 4.57 Å². The maximum atomic E-state index is 5.46. The molecule has 1 atom stereocenters. The lowest BCUT2D eigenvalue weighted by molar-refractivity contribution is 0.414. The molecule has 1 unspecified atom stereocenters. The van der Waals surface area contributed by atoms with Crippen LogP contribution in [0.15, 0.2) is 36.4 Å². The van der Waals surface area contributed by atoms with E-state index in [4.69, 9.17) is 17.0 Å². The Labute approximate surface area is 128 Å². The van der Waals surface area contributed by atoms with Crippen LogP contribution < -0.4 is 4.74 Å². The number of benzene rings is 1. The Morgan fingerprint density at radius 1 is 1.19 bits per heavy atom. The zero-order valence-corrected chi connectivity index (χ0v) is 13.1. The van der Waals surface area contributed by atoms with E-state index in [9.17, 15) is 0 Å². The molecule has 3 aromatic rings. The fraction of sp³-hybridized carbons (Fsp3) is 0.250. The molecule has 0 bridgehead atoms. The summed E-state index contributed by atoms with van der Waals surface area (Å²) < 4.78 is 7.94. The molecule has 108 valence electrons. The van der Waals surface area contributed by atoms with E-state index in [0.717, 1.165) is 28.2 Å². The number of hydrogen-bond donors (Lipinski definition) is 1. The number of methoxy groups -OCH3 is 1. The van der Waals surface area contributed by atoms with Crippen LogP contribution in [0.1, 0.15) is 24.2 Å². The molecule has 0 amide bonds. The number of aromatic amines is 1. The number of imidazole rings is 1. The number of rotatable bonds is 3. The third kappa shape index (κ3) is 2.45. The van der Waals surface area contributed by atoms with Gasteiger partial charge in [-0.2, -0.15) is 0 Å². The highest BCUT2D eigenvalue weighted by molar-refractivity contribution is 7.71. The summed E-state index contributed by atoms with van der Waals surface area (Å²) in [5, 5.41) is 0. The van der Waals surface area contributed by atoms with Crippen molar-refractivity contribution in [2.24, 2.45) is 0 Å². The van der Waals surface area contributed by atoms with Gasteiger partial charge in [0.1, 0.15) is 5.75 Å². The second-order valence-electron chi connectivity index (χ2n) is 5.07. The summed E-state index contributed by atoms with van der Waals surface area (Å²) in [6.07, 6.45) is 0. The Morgan fingerprint density at radius 2 is 1.90 bits per heavy atom. The second-order valence-corrected chi connectivity index (χ2v) is 5.46. The van der Waals surface area contributed by atoms with E-state index in [-0.39, 0.29) is 6.04 Å². The third-order valence-corrected chi connectivity index (χ3v) is 3.99. The zero-order valence-electron chi connectivity index (χ0n) is 12.3. The molecule has 0 aliphatic rings. The van der Waals surface area contributed by atoms with Gasteiger partial charge in [0.25, 0.3) is 0 Å². The Balaban J connectivity index is 2.12. The molecule has 0 aliphatic carbocycles. The number of H-pyrrole nitrogens is 1. The van der Waals surface area contributed by atoms with Crippen molar-refractivity contribution in [3.05, 3.63) is 52.4 Å². The molecule has 4 nitrogen and oxygen atoms in total. The number of nitrogens with zero attached hydrogens (tertiary/aromatic N) is 2. The topological polar surface area (TPSA) is 42.8 Å². The number of nitrogens with one attached hydrogen (secondary N) is 1. The first kappa shape index (κ1) is 13.8. The predicted molar refractivity (Wildman–Crippen MR) is 86.5 cm³/mol. The summed E-state index contributed by atoms with van der Waals surface area (Å²) >= 11 is 5.46. The lowest BCUT2D eigenvalue weighted by Crippen LogP contribution is -2.07. The van der Waals surface area contributed by atoms with Gasteiger partial charge in [-0.25, -0.2) is 4.98 Å². The Bertz CT molecular complexity index is 833. The van der Waals surface area contributed by atoms with Crippen molar-refractivity contribution in [3.8, 4) is 5.75 Å². The van der Waals surface area contributed by atoms with Gasteiger partial charge >= 0.3 is 0 Å². The fourth-order valence-electron chi connectivity index (χ4n) is 2.49. The minimum absolute atomic E-state index is 0.103. The molecule has 2 aromatic heterocycles. The highest BCUT2D eigenvalue weighted by atomic mass is 32.1. The molecule has 2 heterocycles. The largest absolute Gasteiger partial charge is 0.497 e. The monoisotopic (exact) mass is 299 g/mol. The van der Waals surface area contributed by atoms with E-state index in [1.54, 1.807) is 7.11 Å². The van der Waals surface area contributed by atoms with Gasteiger partial charge in [-0.1, -0.05) is 12.1 Å². The molecule has 0 spiro atoms. The number of fused-ring (bicyclic) bond motifs is 1. The maximum absolute atomic E-state index is 5.46. The first-order valence-electron chi connectivity index (χ1n) is 6.82. The van der Waals surface area contributed by atoms with Crippen molar-refractivity contribution in [2.45, 2.75) is 19.9 Å². The lowest BCUT2D eigenvalue weighted by Gasteiger charge is -2.15. The van der Waals surface area contributed by atoms with Crippen LogP contribution in [-0.4, -0.2) is 21.6 Å². The van der Waals surface area contributed by atoms with E-state index in [2.05, 4.69) is 33.6 Å². The van der Waals surface area contributed by atoms with Gasteiger partial charge in [-0.05, 0) is 55.9 Å². The Hall–Kier alpha value is -2.14. The zero-order chi connectivity index (χ0) is 15.0. The lowest BCUT2D eigenvalue weighted by atomic mass is 10.1. The van der Waals surface area contributed by atoms with E-state index < -0.39 is 0 Å². The number of pyridine rings is 1. The normalized spacial score (nSPS) is 12.5. The number of ether oxygens (including phenoxy) is 1. The summed E-state index contributed by atoms with van der Waals surface area (Å²) in [7, 11) is 1.67. The molecule has 0 saturated carbocycles. The van der Waals surface area contributed by atoms with Crippen molar-refractivity contribution in [2.75, 3.05) is 7.11 Å². The molecule has 1 N–H and O–H groups in total. The summed E-state index contributed by atoms with van der Waals surface area (Å²) in [5.41, 5.74) is 4.00. The highest BCUT2D eigenvalue weighted by Gasteiger charge is 2.14. The molecule has 1 aromatic carbocycles. The van der Waals surface area contributed by atoms with E-state index in [0.29, 0.717) is 4.77 Å². The average Bonchev–Trinajstić information content (AvgIpc) is 2.82. The Morgan fingerprint density at radius 3 is 2.57 bits per heavy atom. The molecule has 0 saturated heterocycles. The third-order valence-electron chi connectivity index (χ3n) is 3.69. The number of aromatic nitrogens is 3. The van der Waals surface area contributed by atoms with Gasteiger partial charge in [0.05, 0.1) is 18.7 Å². The smallest absolute Gasteiger partial charge is 0.179 e. The van der Waals surface area contributed by atoms with Crippen LogP contribution in [0.25, 0.3) is 11.2 Å². The van der Waals surface area contributed by atoms with Gasteiger partial charge < -0.3 is 9.72 Å². The first-order chi connectivity index (χ1) is 10.1. The Kier molecular flexibility index (Phi) is 3.51. The molecule has 5 heteroatoms. The fourth-order valence-corrected chi connectivity index (χ4v) is 2.84. The molecular weight excluding hydrogens is 282 g/mol. The van der Waals surface area contributed by atoms with Crippen molar-refractivity contribution >= 4 is 23.4 Å². The average molecular weight is 299 g/mol. The predicted octanol–water partition coefficient (Wildman–Crippen LogP) is 4.02. The standard InChI is InChI=1S/C16H17N3OS/c1-10-4-9-14-15(17-10)19(16(21)18-14)11(2)12-5-7-13(20-3)8-6-12/h4-9,11H,1-3H3,(H,18,21). The van der Waals surface area contributed by atoms with Crippen LogP contribution in [0.5, 0.6) is 5.75 Å². The molecular formula is C16H17N3OS. The molecule has 0 radical (unpaired) electrons. The molecule has 0 aliphatic heterocycles. The van der Waals surface area contributed by atoms with Crippen LogP contribution in [0.3, 0.4) is 0 Å². The van der Waals surface area contributed by atoms with Crippen LogP contribution in [0.4, 0.5) is 0 Å². The first-order valence-corrected chi connectivity index (χ1v) is 7.23. The van der Waals surface area contributed by atoms with Crippen molar-refractivity contribution in [1.82, 2.24) is 14.5 Å². The minimum Gasteiger partial charge on any atom is -0.497 e.